The second-order valence-electron chi connectivity index (χ2n) is 2.96. The largest absolute Gasteiger partial charge is 0.367 e. The molecule has 0 saturated heterocycles. The lowest BCUT2D eigenvalue weighted by Gasteiger charge is -1.93. The van der Waals surface area contributed by atoms with Crippen LogP contribution in [0.5, 0.6) is 0 Å². The molecule has 0 atom stereocenters. The number of anilines is 1. The Balaban J connectivity index is 2.53. The zero-order chi connectivity index (χ0) is 11.0. The van der Waals surface area contributed by atoms with Gasteiger partial charge in [0.1, 0.15) is 5.69 Å². The van der Waals surface area contributed by atoms with Crippen molar-refractivity contribution in [2.75, 3.05) is 5.73 Å². The normalized spacial score (nSPS) is 10.9. The van der Waals surface area contributed by atoms with Gasteiger partial charge in [-0.2, -0.15) is 0 Å². The molecule has 80 valence electrons. The number of thiophene rings is 1. The topological polar surface area (TPSA) is 52.0 Å². The van der Waals surface area contributed by atoms with Crippen LogP contribution in [0.25, 0.3) is 10.6 Å². The first-order chi connectivity index (χ1) is 7.13. The van der Waals surface area contributed by atoms with E-state index in [1.54, 1.807) is 11.3 Å². The lowest BCUT2D eigenvalue weighted by atomic mass is 10.1. The summed E-state index contributed by atoms with van der Waals surface area (Å²) < 4.78 is 7.06. The van der Waals surface area contributed by atoms with Gasteiger partial charge >= 0.3 is 0 Å². The summed E-state index contributed by atoms with van der Waals surface area (Å²) in [6.45, 7) is 2.03. The second kappa shape index (κ2) is 4.27. The van der Waals surface area contributed by atoms with Crippen LogP contribution in [0, 0.1) is 0 Å². The van der Waals surface area contributed by atoms with Gasteiger partial charge in [-0.1, -0.05) is 12.1 Å². The molecule has 0 aliphatic heterocycles. The highest BCUT2D eigenvalue weighted by molar-refractivity contribution is 9.13. The second-order valence-corrected chi connectivity index (χ2v) is 6.18. The van der Waals surface area contributed by atoms with Crippen molar-refractivity contribution in [1.29, 1.82) is 0 Å². The number of nitrogens with two attached hydrogens (primary N) is 1. The summed E-state index contributed by atoms with van der Waals surface area (Å²) in [7, 11) is 0. The van der Waals surface area contributed by atoms with Gasteiger partial charge in [-0.05, 0) is 44.3 Å². The summed E-state index contributed by atoms with van der Waals surface area (Å²) in [6, 6.07) is 2.01. The lowest BCUT2D eigenvalue weighted by Crippen LogP contribution is -1.88. The Morgan fingerprint density at radius 3 is 2.80 bits per heavy atom. The van der Waals surface area contributed by atoms with Crippen LogP contribution in [0.1, 0.15) is 12.5 Å². The summed E-state index contributed by atoms with van der Waals surface area (Å²) in [4.78, 5) is 1.05. The monoisotopic (exact) mass is 350 g/mol. The third-order valence-corrected chi connectivity index (χ3v) is 5.31. The molecule has 15 heavy (non-hydrogen) atoms. The smallest absolute Gasteiger partial charge is 0.225 e. The average molecular weight is 352 g/mol. The summed E-state index contributed by atoms with van der Waals surface area (Å²) in [5, 5.41) is 3.98. The molecule has 6 heteroatoms. The van der Waals surface area contributed by atoms with Gasteiger partial charge in [0.25, 0.3) is 0 Å². The minimum atomic E-state index is 0.410. The molecule has 2 rings (SSSR count). The third-order valence-electron chi connectivity index (χ3n) is 2.05. The molecule has 0 radical (unpaired) electrons. The zero-order valence-electron chi connectivity index (χ0n) is 7.88. The zero-order valence-corrected chi connectivity index (χ0v) is 11.9. The van der Waals surface area contributed by atoms with Crippen LogP contribution in [0.2, 0.25) is 0 Å². The molecule has 2 aromatic rings. The Hall–Kier alpha value is -0.330. The maximum atomic E-state index is 5.69. The fourth-order valence-corrected chi connectivity index (χ4v) is 3.36. The van der Waals surface area contributed by atoms with Gasteiger partial charge < -0.3 is 10.3 Å². The first-order valence-corrected chi connectivity index (χ1v) is 6.73. The molecule has 3 nitrogen and oxygen atoms in total. The van der Waals surface area contributed by atoms with Crippen LogP contribution >= 0.6 is 43.2 Å². The van der Waals surface area contributed by atoms with Crippen molar-refractivity contribution in [2.45, 2.75) is 13.3 Å². The van der Waals surface area contributed by atoms with E-state index in [0.29, 0.717) is 5.88 Å². The van der Waals surface area contributed by atoms with E-state index in [1.165, 1.54) is 0 Å². The van der Waals surface area contributed by atoms with Crippen LogP contribution in [0.4, 0.5) is 5.88 Å². The first kappa shape index (κ1) is 11.2. The quantitative estimate of drug-likeness (QED) is 0.887. The Morgan fingerprint density at radius 2 is 2.27 bits per heavy atom. The van der Waals surface area contributed by atoms with Crippen molar-refractivity contribution >= 4 is 49.1 Å². The molecule has 0 amide bonds. The molecule has 2 N–H and O–H groups in total. The van der Waals surface area contributed by atoms with Crippen molar-refractivity contribution in [1.82, 2.24) is 5.16 Å². The SMILES string of the molecule is CCc1c(-c2cc(Br)c(Br)s2)noc1N. The maximum absolute atomic E-state index is 5.69. The van der Waals surface area contributed by atoms with Crippen LogP contribution in [-0.2, 0) is 6.42 Å². The van der Waals surface area contributed by atoms with E-state index in [9.17, 15) is 0 Å². The molecular weight excluding hydrogens is 344 g/mol. The van der Waals surface area contributed by atoms with Gasteiger partial charge in [-0.25, -0.2) is 0 Å². The van der Waals surface area contributed by atoms with E-state index < -0.39 is 0 Å². The van der Waals surface area contributed by atoms with Crippen LogP contribution in [-0.4, -0.2) is 5.16 Å². The summed E-state index contributed by atoms with van der Waals surface area (Å²) in [6.07, 6.45) is 0.817. The van der Waals surface area contributed by atoms with E-state index >= 15 is 0 Å². The highest BCUT2D eigenvalue weighted by Crippen LogP contribution is 2.39. The van der Waals surface area contributed by atoms with Gasteiger partial charge in [0, 0.05) is 10.0 Å². The number of aromatic nitrogens is 1. The molecular formula is C9H8Br2N2OS. The van der Waals surface area contributed by atoms with E-state index in [0.717, 1.165) is 30.8 Å². The fourth-order valence-electron chi connectivity index (χ4n) is 1.32. The molecule has 0 spiro atoms. The predicted molar refractivity (Wildman–Crippen MR) is 69.0 cm³/mol. The molecule has 0 aliphatic carbocycles. The summed E-state index contributed by atoms with van der Waals surface area (Å²) in [5.41, 5.74) is 7.49. The number of nitrogens with zero attached hydrogens (tertiary/aromatic N) is 1. The van der Waals surface area contributed by atoms with Crippen LogP contribution < -0.4 is 5.73 Å². The van der Waals surface area contributed by atoms with Crippen molar-refractivity contribution in [3.05, 3.63) is 19.9 Å². The fraction of sp³-hybridized carbons (Fsp3) is 0.222. The molecule has 0 bridgehead atoms. The molecule has 0 saturated carbocycles. The van der Waals surface area contributed by atoms with Gasteiger partial charge in [0.05, 0.1) is 8.66 Å². The summed E-state index contributed by atoms with van der Waals surface area (Å²) in [5.74, 6) is 0.410. The van der Waals surface area contributed by atoms with Crippen molar-refractivity contribution in [3.8, 4) is 10.6 Å². The molecule has 0 unspecified atom stereocenters. The van der Waals surface area contributed by atoms with E-state index in [4.69, 9.17) is 10.3 Å². The third kappa shape index (κ3) is 1.98. The van der Waals surface area contributed by atoms with Gasteiger partial charge in [-0.15, -0.1) is 11.3 Å². The Labute approximate surface area is 108 Å². The summed E-state index contributed by atoms with van der Waals surface area (Å²) >= 11 is 8.49. The van der Waals surface area contributed by atoms with Gasteiger partial charge in [0.2, 0.25) is 5.88 Å². The van der Waals surface area contributed by atoms with Crippen LogP contribution in [0.15, 0.2) is 18.8 Å². The first-order valence-electron chi connectivity index (χ1n) is 4.32. The number of hydrogen-bond acceptors (Lipinski definition) is 4. The van der Waals surface area contributed by atoms with Gasteiger partial charge in [-0.3, -0.25) is 0 Å². The Bertz CT molecular complexity index is 473. The molecule has 0 fully saturated rings. The highest BCUT2D eigenvalue weighted by atomic mass is 79.9. The molecule has 2 aromatic heterocycles. The Kier molecular flexibility index (Phi) is 3.18. The minimum Gasteiger partial charge on any atom is -0.367 e. The molecule has 0 aliphatic rings. The lowest BCUT2D eigenvalue weighted by molar-refractivity contribution is 0.439. The molecule has 2 heterocycles. The van der Waals surface area contributed by atoms with E-state index in [1.807, 2.05) is 13.0 Å². The van der Waals surface area contributed by atoms with E-state index in [2.05, 4.69) is 37.0 Å². The van der Waals surface area contributed by atoms with E-state index in [-0.39, 0.29) is 0 Å². The van der Waals surface area contributed by atoms with Crippen molar-refractivity contribution < 1.29 is 4.52 Å². The highest BCUT2D eigenvalue weighted by Gasteiger charge is 2.16. The van der Waals surface area contributed by atoms with Crippen molar-refractivity contribution in [3.63, 3.8) is 0 Å². The maximum Gasteiger partial charge on any atom is 0.225 e. The van der Waals surface area contributed by atoms with Crippen LogP contribution in [0.3, 0.4) is 0 Å². The van der Waals surface area contributed by atoms with Crippen molar-refractivity contribution in [2.24, 2.45) is 0 Å². The Morgan fingerprint density at radius 1 is 1.53 bits per heavy atom. The number of hydrogen-bond donors (Lipinski definition) is 1. The standard InChI is InChI=1S/C9H8Br2N2OS/c1-2-4-7(13-14-9(4)12)6-3-5(10)8(11)15-6/h3H,2,12H2,1H3. The average Bonchev–Trinajstić information content (AvgIpc) is 2.71. The number of rotatable bonds is 2. The van der Waals surface area contributed by atoms with Gasteiger partial charge in [0.15, 0.2) is 0 Å². The number of halogens is 2. The number of nitrogen functional groups attached to an aromatic ring is 1. The molecule has 0 aromatic carbocycles. The predicted octanol–water partition coefficient (Wildman–Crippen LogP) is 4.07. The minimum absolute atomic E-state index is 0.410.